The first-order valence-electron chi connectivity index (χ1n) is 26.8. The molecule has 6 heteroatoms. The maximum atomic E-state index is 12.4. The number of esters is 1. The topological polar surface area (TPSA) is 95.9 Å². The van der Waals surface area contributed by atoms with Gasteiger partial charge < -0.3 is 20.3 Å². The first-order valence-corrected chi connectivity index (χ1v) is 26.8. The van der Waals surface area contributed by atoms with Gasteiger partial charge in [-0.15, -0.1) is 0 Å². The fourth-order valence-electron chi connectivity index (χ4n) is 7.97. The maximum Gasteiger partial charge on any atom is 0.305 e. The number of aliphatic hydroxyl groups is 2. The maximum absolute atomic E-state index is 12.4. The Bertz CT molecular complexity index is 993. The smallest absolute Gasteiger partial charge is 0.305 e. The molecule has 0 radical (unpaired) electrons. The molecule has 358 valence electrons. The number of unbranched alkanes of at least 4 members (excludes halogenated alkanes) is 34. The summed E-state index contributed by atoms with van der Waals surface area (Å²) < 4.78 is 5.45. The van der Waals surface area contributed by atoms with Crippen molar-refractivity contribution in [2.75, 3.05) is 13.2 Å². The van der Waals surface area contributed by atoms with E-state index < -0.39 is 12.1 Å². The second kappa shape index (κ2) is 50.7. The van der Waals surface area contributed by atoms with Gasteiger partial charge in [0.05, 0.1) is 25.4 Å². The average molecular weight is 858 g/mol. The number of amides is 1. The highest BCUT2D eigenvalue weighted by atomic mass is 16.5. The number of hydrogen-bond acceptors (Lipinski definition) is 5. The molecule has 3 N–H and O–H groups in total. The van der Waals surface area contributed by atoms with E-state index in [1.807, 2.05) is 6.08 Å². The molecule has 0 fully saturated rings. The van der Waals surface area contributed by atoms with E-state index in [1.54, 1.807) is 6.08 Å². The minimum atomic E-state index is -0.862. The van der Waals surface area contributed by atoms with E-state index in [0.717, 1.165) is 83.5 Å². The van der Waals surface area contributed by atoms with E-state index in [0.29, 0.717) is 19.4 Å². The average Bonchev–Trinajstić information content (AvgIpc) is 3.26. The summed E-state index contributed by atoms with van der Waals surface area (Å²) in [6, 6.07) is -0.649. The summed E-state index contributed by atoms with van der Waals surface area (Å²) in [7, 11) is 0. The first kappa shape index (κ1) is 59.1. The molecule has 0 aliphatic heterocycles. The number of carbonyl (C=O) groups is 2. The van der Waals surface area contributed by atoms with Crippen LogP contribution in [0.25, 0.3) is 0 Å². The van der Waals surface area contributed by atoms with Crippen LogP contribution >= 0.6 is 0 Å². The number of allylic oxidation sites excluding steroid dienone is 5. The lowest BCUT2D eigenvalue weighted by atomic mass is 10.0. The summed E-state index contributed by atoms with van der Waals surface area (Å²) in [5, 5.41) is 23.0. The van der Waals surface area contributed by atoms with Gasteiger partial charge in [0.2, 0.25) is 5.91 Å². The van der Waals surface area contributed by atoms with Crippen LogP contribution < -0.4 is 5.32 Å². The Labute approximate surface area is 379 Å². The summed E-state index contributed by atoms with van der Waals surface area (Å²) in [6.45, 7) is 4.82. The Morgan fingerprint density at radius 2 is 0.770 bits per heavy atom. The standard InChI is InChI=1S/C55H103NO5/c1-3-5-7-9-11-13-15-17-19-20-21-22-23-25-29-33-37-41-45-49-55(60)61-50-46-42-38-34-30-26-28-32-36-40-44-48-54(59)56-52(51-57)53(58)47-43-39-35-31-27-24-18-16-14-12-10-8-6-4-2/h17,19,30,34,43,47,52-53,57-58H,3-16,18,20-29,31-33,35-42,44-46,48-51H2,1-2H3,(H,56,59)/b19-17-,34-30-,47-43+. The Hall–Kier alpha value is -1.92. The highest BCUT2D eigenvalue weighted by molar-refractivity contribution is 5.76. The zero-order valence-corrected chi connectivity index (χ0v) is 40.6. The molecule has 1 amide bonds. The second-order valence-corrected chi connectivity index (χ2v) is 18.2. The van der Waals surface area contributed by atoms with Gasteiger partial charge in [0.1, 0.15) is 0 Å². The minimum Gasteiger partial charge on any atom is -0.466 e. The number of nitrogens with one attached hydrogen (secondary N) is 1. The second-order valence-electron chi connectivity index (χ2n) is 18.2. The number of aliphatic hydroxyl groups excluding tert-OH is 2. The van der Waals surface area contributed by atoms with Crippen molar-refractivity contribution in [1.29, 1.82) is 0 Å². The lowest BCUT2D eigenvalue weighted by Gasteiger charge is -2.20. The number of carbonyl (C=O) groups excluding carboxylic acids is 2. The van der Waals surface area contributed by atoms with Gasteiger partial charge >= 0.3 is 5.97 Å². The van der Waals surface area contributed by atoms with Gasteiger partial charge in [-0.2, -0.15) is 0 Å². The highest BCUT2D eigenvalue weighted by Crippen LogP contribution is 2.15. The predicted octanol–water partition coefficient (Wildman–Crippen LogP) is 16.1. The van der Waals surface area contributed by atoms with Crippen LogP contribution in [0.4, 0.5) is 0 Å². The van der Waals surface area contributed by atoms with Gasteiger partial charge in [-0.1, -0.05) is 217 Å². The lowest BCUT2D eigenvalue weighted by molar-refractivity contribution is -0.143. The molecular weight excluding hydrogens is 755 g/mol. The van der Waals surface area contributed by atoms with Gasteiger partial charge in [0.15, 0.2) is 0 Å². The van der Waals surface area contributed by atoms with Crippen molar-refractivity contribution >= 4 is 11.9 Å². The summed E-state index contributed by atoms with van der Waals surface area (Å²) in [5.74, 6) is -0.131. The van der Waals surface area contributed by atoms with Crippen LogP contribution in [-0.4, -0.2) is 47.4 Å². The zero-order valence-electron chi connectivity index (χ0n) is 40.6. The van der Waals surface area contributed by atoms with Crippen molar-refractivity contribution in [2.45, 2.75) is 289 Å². The Kier molecular flexibility index (Phi) is 49.1. The Morgan fingerprint density at radius 3 is 1.16 bits per heavy atom. The molecule has 0 heterocycles. The lowest BCUT2D eigenvalue weighted by Crippen LogP contribution is -2.45. The third-order valence-electron chi connectivity index (χ3n) is 12.1. The number of rotatable bonds is 49. The van der Waals surface area contributed by atoms with Crippen LogP contribution in [-0.2, 0) is 14.3 Å². The van der Waals surface area contributed by atoms with Gasteiger partial charge in [0.25, 0.3) is 0 Å². The molecule has 0 aromatic carbocycles. The van der Waals surface area contributed by atoms with Gasteiger partial charge in [-0.05, 0) is 83.5 Å². The highest BCUT2D eigenvalue weighted by Gasteiger charge is 2.18. The van der Waals surface area contributed by atoms with Crippen LogP contribution in [0.1, 0.15) is 277 Å². The third kappa shape index (κ3) is 47.4. The van der Waals surface area contributed by atoms with E-state index in [2.05, 4.69) is 43.5 Å². The van der Waals surface area contributed by atoms with Gasteiger partial charge in [-0.25, -0.2) is 0 Å². The van der Waals surface area contributed by atoms with Gasteiger partial charge in [-0.3, -0.25) is 9.59 Å². The molecule has 0 bridgehead atoms. The van der Waals surface area contributed by atoms with Crippen molar-refractivity contribution in [3.8, 4) is 0 Å². The van der Waals surface area contributed by atoms with Gasteiger partial charge in [0, 0.05) is 12.8 Å². The molecule has 2 unspecified atom stereocenters. The van der Waals surface area contributed by atoms with E-state index >= 15 is 0 Å². The van der Waals surface area contributed by atoms with E-state index in [9.17, 15) is 19.8 Å². The number of hydrogen-bond donors (Lipinski definition) is 3. The minimum absolute atomic E-state index is 0.0339. The fraction of sp³-hybridized carbons (Fsp3) is 0.855. The molecule has 61 heavy (non-hydrogen) atoms. The third-order valence-corrected chi connectivity index (χ3v) is 12.1. The molecule has 6 nitrogen and oxygen atoms in total. The van der Waals surface area contributed by atoms with Crippen molar-refractivity contribution in [1.82, 2.24) is 5.32 Å². The van der Waals surface area contributed by atoms with Crippen LogP contribution in [0.2, 0.25) is 0 Å². The SMILES string of the molecule is CCCCCCCC/C=C\CCCCCCCCCCCC(=O)OCCCC/C=C\CCCCCCCC(=O)NC(CO)C(O)/C=C/CCCCCCCCCCCCCC. The monoisotopic (exact) mass is 858 g/mol. The molecule has 0 rings (SSSR count). The molecule has 0 aliphatic carbocycles. The molecule has 0 spiro atoms. The van der Waals surface area contributed by atoms with E-state index in [1.165, 1.54) is 167 Å². The zero-order chi connectivity index (χ0) is 44.4. The predicted molar refractivity (Wildman–Crippen MR) is 264 cm³/mol. The summed E-state index contributed by atoms with van der Waals surface area (Å²) in [4.78, 5) is 24.5. The normalized spacial score (nSPS) is 12.9. The quantitative estimate of drug-likeness (QED) is 0.0322. The van der Waals surface area contributed by atoms with Crippen molar-refractivity contribution < 1.29 is 24.5 Å². The van der Waals surface area contributed by atoms with E-state index in [4.69, 9.17) is 4.74 Å². The van der Waals surface area contributed by atoms with Crippen molar-refractivity contribution in [3.05, 3.63) is 36.5 Å². The van der Waals surface area contributed by atoms with Crippen LogP contribution in [0.3, 0.4) is 0 Å². The molecule has 0 aromatic rings. The van der Waals surface area contributed by atoms with Crippen molar-refractivity contribution in [2.24, 2.45) is 0 Å². The van der Waals surface area contributed by atoms with Crippen LogP contribution in [0.15, 0.2) is 36.5 Å². The summed E-state index contributed by atoms with van der Waals surface area (Å²) >= 11 is 0. The summed E-state index contributed by atoms with van der Waals surface area (Å²) in [5.41, 5.74) is 0. The Balaban J connectivity index is 3.52. The molecule has 0 saturated heterocycles. The van der Waals surface area contributed by atoms with E-state index in [-0.39, 0.29) is 18.5 Å². The van der Waals surface area contributed by atoms with Crippen LogP contribution in [0, 0.1) is 0 Å². The number of ether oxygens (including phenoxy) is 1. The molecule has 0 saturated carbocycles. The molecule has 0 aromatic heterocycles. The first-order chi connectivity index (χ1) is 30.0. The molecular formula is C55H103NO5. The van der Waals surface area contributed by atoms with Crippen molar-refractivity contribution in [3.63, 3.8) is 0 Å². The molecule has 0 aliphatic rings. The summed E-state index contributed by atoms with van der Waals surface area (Å²) in [6.07, 6.45) is 61.5. The van der Waals surface area contributed by atoms with Crippen LogP contribution in [0.5, 0.6) is 0 Å². The largest absolute Gasteiger partial charge is 0.466 e. The molecule has 2 atom stereocenters. The fourth-order valence-corrected chi connectivity index (χ4v) is 7.97. The Morgan fingerprint density at radius 1 is 0.443 bits per heavy atom.